The van der Waals surface area contributed by atoms with Crippen molar-refractivity contribution in [3.8, 4) is 0 Å². The molecule has 3 heterocycles. The van der Waals surface area contributed by atoms with Crippen molar-refractivity contribution in [3.05, 3.63) is 127 Å². The van der Waals surface area contributed by atoms with Gasteiger partial charge in [0.2, 0.25) is 16.1 Å². The number of halogens is 1. The van der Waals surface area contributed by atoms with E-state index in [4.69, 9.17) is 4.99 Å². The van der Waals surface area contributed by atoms with E-state index in [0.29, 0.717) is 14.9 Å². The number of aromatic nitrogens is 1. The Morgan fingerprint density at radius 2 is 1.47 bits per heavy atom. The predicted octanol–water partition coefficient (Wildman–Crippen LogP) is 2.76. The number of urea groups is 1. The van der Waals surface area contributed by atoms with Gasteiger partial charge in [-0.15, -0.1) is 0 Å². The van der Waals surface area contributed by atoms with Crippen molar-refractivity contribution in [1.82, 2.24) is 14.5 Å². The molecule has 3 aromatic carbocycles. The van der Waals surface area contributed by atoms with E-state index in [1.54, 1.807) is 42.1 Å². The van der Waals surface area contributed by atoms with Crippen LogP contribution in [0.25, 0.3) is 6.08 Å². The van der Waals surface area contributed by atoms with Crippen LogP contribution in [0.4, 0.5) is 9.18 Å². The van der Waals surface area contributed by atoms with Gasteiger partial charge in [-0.1, -0.05) is 90.2 Å². The van der Waals surface area contributed by atoms with Crippen molar-refractivity contribution < 1.29 is 9.18 Å². The number of benzene rings is 3. The average molecular weight is 500 g/mol. The summed E-state index contributed by atoms with van der Waals surface area (Å²) in [6, 6.07) is 25.1. The lowest BCUT2D eigenvalue weighted by molar-refractivity contribution is 0.0648. The minimum Gasteiger partial charge on any atom is -0.295 e. The first-order valence-electron chi connectivity index (χ1n) is 11.4. The number of fused-ring (bicyclic) bond motifs is 2. The highest BCUT2D eigenvalue weighted by atomic mass is 32.1. The van der Waals surface area contributed by atoms with Crippen molar-refractivity contribution in [3.63, 3.8) is 0 Å². The SMILES string of the molecule is CN1C(=O)N(C)[C@]2(c3ccccc3)N=c3s/c(=C/c4ccccc4F)c(=O)n3N[C@]12c1ccccc1. The Labute approximate surface area is 210 Å². The lowest BCUT2D eigenvalue weighted by Gasteiger charge is -2.49. The second-order valence-corrected chi connectivity index (χ2v) is 9.80. The van der Waals surface area contributed by atoms with E-state index in [-0.39, 0.29) is 11.6 Å². The molecule has 2 aliphatic rings. The number of thiazole rings is 1. The van der Waals surface area contributed by atoms with Gasteiger partial charge in [0.05, 0.1) is 4.53 Å². The lowest BCUT2D eigenvalue weighted by atomic mass is 9.80. The fourth-order valence-corrected chi connectivity index (χ4v) is 6.21. The van der Waals surface area contributed by atoms with Crippen molar-refractivity contribution >= 4 is 23.4 Å². The number of amides is 2. The Morgan fingerprint density at radius 3 is 2.14 bits per heavy atom. The molecule has 2 atom stereocenters. The molecule has 0 saturated carbocycles. The molecule has 0 unspecified atom stereocenters. The molecule has 36 heavy (non-hydrogen) atoms. The number of hydrogen-bond donors (Lipinski definition) is 1. The maximum Gasteiger partial charge on any atom is 0.324 e. The summed E-state index contributed by atoms with van der Waals surface area (Å²) in [7, 11) is 3.42. The van der Waals surface area contributed by atoms with E-state index in [1.165, 1.54) is 16.8 Å². The van der Waals surface area contributed by atoms with E-state index in [2.05, 4.69) is 5.43 Å². The van der Waals surface area contributed by atoms with Crippen molar-refractivity contribution in [2.24, 2.45) is 4.99 Å². The highest BCUT2D eigenvalue weighted by molar-refractivity contribution is 7.07. The van der Waals surface area contributed by atoms with Gasteiger partial charge in [-0.25, -0.2) is 14.2 Å². The molecule has 180 valence electrons. The maximum atomic E-state index is 14.4. The topological polar surface area (TPSA) is 69.9 Å². The Bertz CT molecular complexity index is 1670. The number of nitrogens with zero attached hydrogens (tertiary/aromatic N) is 4. The van der Waals surface area contributed by atoms with Gasteiger partial charge in [-0.3, -0.25) is 20.0 Å². The van der Waals surface area contributed by atoms with Gasteiger partial charge in [0.1, 0.15) is 5.82 Å². The minimum atomic E-state index is -1.24. The standard InChI is InChI=1S/C27H22FN5O2S/c1-31-25(35)32(2)27(20-14-7-4-8-15-20)26(31,19-12-5-3-6-13-19)29-24-33(30-27)23(34)22(36-24)17-18-11-9-10-16-21(18)28/h3-17,30H,1-2H3/b22-17+/t26-,27+/m0/s1. The smallest absolute Gasteiger partial charge is 0.295 e. The zero-order valence-corrected chi connectivity index (χ0v) is 20.4. The second-order valence-electron chi connectivity index (χ2n) is 8.79. The third-order valence-corrected chi connectivity index (χ3v) is 7.93. The number of likely N-dealkylation sites (N-methyl/N-ethyl adjacent to an activating group) is 2. The van der Waals surface area contributed by atoms with Crippen LogP contribution in [0, 0.1) is 5.82 Å². The predicted molar refractivity (Wildman–Crippen MR) is 136 cm³/mol. The van der Waals surface area contributed by atoms with Crippen LogP contribution in [0.3, 0.4) is 0 Å². The quantitative estimate of drug-likeness (QED) is 0.471. The highest BCUT2D eigenvalue weighted by Crippen LogP contribution is 2.53. The van der Waals surface area contributed by atoms with E-state index in [0.717, 1.165) is 22.5 Å². The number of carbonyl (C=O) groups is 1. The van der Waals surface area contributed by atoms with Gasteiger partial charge in [0.25, 0.3) is 5.56 Å². The molecule has 7 nitrogen and oxygen atoms in total. The van der Waals surface area contributed by atoms with Gasteiger partial charge < -0.3 is 0 Å². The summed E-state index contributed by atoms with van der Waals surface area (Å²) in [6.45, 7) is 0. The van der Waals surface area contributed by atoms with Crippen LogP contribution in [-0.4, -0.2) is 34.6 Å². The van der Waals surface area contributed by atoms with Crippen LogP contribution in [0.2, 0.25) is 0 Å². The van der Waals surface area contributed by atoms with Gasteiger partial charge in [-0.05, 0) is 12.1 Å². The number of hydrogen-bond acceptors (Lipinski definition) is 5. The van der Waals surface area contributed by atoms with Crippen molar-refractivity contribution in [2.45, 2.75) is 11.3 Å². The summed E-state index contributed by atoms with van der Waals surface area (Å²) < 4.78 is 16.1. The molecular formula is C27H22FN5O2S. The molecule has 9 heteroatoms. The Balaban J connectivity index is 1.72. The summed E-state index contributed by atoms with van der Waals surface area (Å²) in [6.07, 6.45) is 1.53. The zero-order chi connectivity index (χ0) is 25.1. The molecule has 1 N–H and O–H groups in total. The summed E-state index contributed by atoms with van der Waals surface area (Å²) in [5.74, 6) is -0.415. The molecule has 2 aliphatic heterocycles. The Morgan fingerprint density at radius 1 is 0.861 bits per heavy atom. The fourth-order valence-electron chi connectivity index (χ4n) is 5.25. The molecule has 0 bridgehead atoms. The molecule has 1 fully saturated rings. The molecule has 0 aliphatic carbocycles. The molecule has 1 aromatic heterocycles. The van der Waals surface area contributed by atoms with Gasteiger partial charge in [0, 0.05) is 30.8 Å². The summed E-state index contributed by atoms with van der Waals surface area (Å²) in [4.78, 5) is 35.9. The number of carbonyl (C=O) groups excluding carboxylic acids is 1. The van der Waals surface area contributed by atoms with Crippen LogP contribution in [-0.2, 0) is 11.3 Å². The average Bonchev–Trinajstić information content (AvgIpc) is 3.30. The molecule has 0 spiro atoms. The van der Waals surface area contributed by atoms with Gasteiger partial charge in [-0.2, -0.15) is 4.68 Å². The Kier molecular flexibility index (Phi) is 4.87. The zero-order valence-electron chi connectivity index (χ0n) is 19.6. The van der Waals surface area contributed by atoms with Crippen LogP contribution in [0.5, 0.6) is 0 Å². The molecule has 0 radical (unpaired) electrons. The van der Waals surface area contributed by atoms with Gasteiger partial charge in [0.15, 0.2) is 0 Å². The Hall–Kier alpha value is -4.24. The molecule has 2 amide bonds. The van der Waals surface area contributed by atoms with Gasteiger partial charge >= 0.3 is 6.03 Å². The highest BCUT2D eigenvalue weighted by Gasteiger charge is 2.69. The molecule has 6 rings (SSSR count). The van der Waals surface area contributed by atoms with Crippen LogP contribution in [0.1, 0.15) is 16.7 Å². The summed E-state index contributed by atoms with van der Waals surface area (Å²) >= 11 is 1.15. The molecule has 1 saturated heterocycles. The summed E-state index contributed by atoms with van der Waals surface area (Å²) in [5, 5.41) is 0. The third kappa shape index (κ3) is 2.80. The second kappa shape index (κ2) is 7.89. The van der Waals surface area contributed by atoms with E-state index < -0.39 is 17.1 Å². The van der Waals surface area contributed by atoms with Crippen LogP contribution < -0.4 is 20.3 Å². The van der Waals surface area contributed by atoms with Crippen molar-refractivity contribution in [2.75, 3.05) is 19.5 Å². The molecule has 4 aromatic rings. The third-order valence-electron chi connectivity index (χ3n) is 6.96. The van der Waals surface area contributed by atoms with E-state index in [9.17, 15) is 14.0 Å². The largest absolute Gasteiger partial charge is 0.324 e. The van der Waals surface area contributed by atoms with E-state index in [1.807, 2.05) is 60.7 Å². The van der Waals surface area contributed by atoms with Crippen LogP contribution >= 0.6 is 11.3 Å². The normalized spacial score (nSPS) is 23.2. The fraction of sp³-hybridized carbons (Fsp3) is 0.148. The first kappa shape index (κ1) is 22.2. The summed E-state index contributed by atoms with van der Waals surface area (Å²) in [5.41, 5.74) is 2.43. The number of nitrogens with one attached hydrogen (secondary N) is 1. The lowest BCUT2D eigenvalue weighted by Crippen LogP contribution is -2.67. The first-order valence-corrected chi connectivity index (χ1v) is 12.2. The molecular weight excluding hydrogens is 477 g/mol. The van der Waals surface area contributed by atoms with Crippen LogP contribution in [0.15, 0.2) is 94.7 Å². The monoisotopic (exact) mass is 499 g/mol. The number of rotatable bonds is 3. The minimum absolute atomic E-state index is 0.250. The maximum absolute atomic E-state index is 14.4. The van der Waals surface area contributed by atoms with Crippen molar-refractivity contribution in [1.29, 1.82) is 0 Å². The van der Waals surface area contributed by atoms with E-state index >= 15 is 0 Å². The first-order chi connectivity index (χ1) is 17.4.